The third-order valence-electron chi connectivity index (χ3n) is 4.23. The minimum Gasteiger partial charge on any atom is -0.315 e. The molecule has 1 amide bonds. The Balaban J connectivity index is 1.65. The lowest BCUT2D eigenvalue weighted by atomic mass is 10.3. The van der Waals surface area contributed by atoms with Crippen molar-refractivity contribution in [2.75, 3.05) is 5.32 Å². The first-order valence-corrected chi connectivity index (χ1v) is 9.50. The van der Waals surface area contributed by atoms with Crippen LogP contribution in [0.4, 0.5) is 5.13 Å². The summed E-state index contributed by atoms with van der Waals surface area (Å²) in [4.78, 5) is 45.3. The van der Waals surface area contributed by atoms with Gasteiger partial charge in [-0.15, -0.1) is 0 Å². The Hall–Kier alpha value is -2.69. The van der Waals surface area contributed by atoms with Crippen LogP contribution in [0, 0.1) is 0 Å². The fourth-order valence-corrected chi connectivity index (χ4v) is 4.13. The Morgan fingerprint density at radius 1 is 1.21 bits per heavy atom. The fraction of sp³-hybridized carbons (Fsp3) is 0.188. The van der Waals surface area contributed by atoms with Gasteiger partial charge in [0.1, 0.15) is 12.1 Å². The SMILES string of the molecule is Cn1c(=O)c2c(ncn2CC(=O)Nc2nc3c(Cl)c(Cl)ccc3s2)n(C)c1=O. The van der Waals surface area contributed by atoms with E-state index in [9.17, 15) is 14.4 Å². The number of benzene rings is 1. The lowest BCUT2D eigenvalue weighted by Crippen LogP contribution is -2.37. The van der Waals surface area contributed by atoms with Crippen LogP contribution in [0.1, 0.15) is 0 Å². The Labute approximate surface area is 170 Å². The summed E-state index contributed by atoms with van der Waals surface area (Å²) in [6.07, 6.45) is 1.35. The van der Waals surface area contributed by atoms with E-state index >= 15 is 0 Å². The minimum atomic E-state index is -0.523. The standard InChI is InChI=1S/C16H12Cl2N6O3S/c1-22-13-12(14(26)23(2)16(22)27)24(6-19-13)5-9(25)20-15-21-11-8(28-15)4-3-7(17)10(11)18/h3-4,6H,5H2,1-2H3,(H,20,21,25). The number of nitrogens with zero attached hydrogens (tertiary/aromatic N) is 5. The molecule has 9 nitrogen and oxygen atoms in total. The maximum atomic E-state index is 12.5. The molecule has 0 aliphatic rings. The Kier molecular flexibility index (Phi) is 4.48. The average molecular weight is 439 g/mol. The quantitative estimate of drug-likeness (QED) is 0.526. The highest BCUT2D eigenvalue weighted by Gasteiger charge is 2.17. The summed E-state index contributed by atoms with van der Waals surface area (Å²) >= 11 is 13.4. The van der Waals surface area contributed by atoms with Crippen LogP contribution in [-0.4, -0.2) is 29.6 Å². The van der Waals surface area contributed by atoms with Crippen LogP contribution >= 0.6 is 34.5 Å². The van der Waals surface area contributed by atoms with E-state index in [-0.39, 0.29) is 17.7 Å². The largest absolute Gasteiger partial charge is 0.332 e. The molecule has 3 aromatic heterocycles. The van der Waals surface area contributed by atoms with Crippen molar-refractivity contribution >= 4 is 67.0 Å². The number of nitrogens with one attached hydrogen (secondary N) is 1. The van der Waals surface area contributed by atoms with E-state index in [1.807, 2.05) is 0 Å². The molecule has 4 rings (SSSR count). The van der Waals surface area contributed by atoms with Crippen molar-refractivity contribution in [2.45, 2.75) is 6.54 Å². The molecular weight excluding hydrogens is 427 g/mol. The number of fused-ring (bicyclic) bond motifs is 2. The number of carbonyl (C=O) groups excluding carboxylic acids is 1. The Morgan fingerprint density at radius 3 is 2.71 bits per heavy atom. The van der Waals surface area contributed by atoms with Crippen LogP contribution in [0.25, 0.3) is 21.4 Å². The molecule has 0 unspecified atom stereocenters. The molecular formula is C16H12Cl2N6O3S. The monoisotopic (exact) mass is 438 g/mol. The molecule has 0 saturated heterocycles. The summed E-state index contributed by atoms with van der Waals surface area (Å²) < 4.78 is 4.40. The van der Waals surface area contributed by atoms with Crippen molar-refractivity contribution in [2.24, 2.45) is 14.1 Å². The first-order chi connectivity index (χ1) is 13.3. The number of rotatable bonds is 3. The smallest absolute Gasteiger partial charge is 0.315 e. The highest BCUT2D eigenvalue weighted by molar-refractivity contribution is 7.22. The molecule has 0 radical (unpaired) electrons. The summed E-state index contributed by atoms with van der Waals surface area (Å²) in [6.45, 7) is -0.172. The molecule has 4 aromatic rings. The van der Waals surface area contributed by atoms with E-state index in [2.05, 4.69) is 15.3 Å². The van der Waals surface area contributed by atoms with Gasteiger partial charge in [-0.3, -0.25) is 18.7 Å². The number of hydrogen-bond acceptors (Lipinski definition) is 6. The van der Waals surface area contributed by atoms with Gasteiger partial charge in [-0.25, -0.2) is 14.8 Å². The number of hydrogen-bond donors (Lipinski definition) is 1. The molecule has 1 N–H and O–H groups in total. The molecule has 28 heavy (non-hydrogen) atoms. The van der Waals surface area contributed by atoms with Crippen LogP contribution in [0.3, 0.4) is 0 Å². The van der Waals surface area contributed by atoms with E-state index in [1.165, 1.54) is 40.9 Å². The molecule has 0 bridgehead atoms. The third kappa shape index (κ3) is 2.89. The normalized spacial score (nSPS) is 11.4. The van der Waals surface area contributed by atoms with Gasteiger partial charge in [0.2, 0.25) is 5.91 Å². The predicted molar refractivity (Wildman–Crippen MR) is 108 cm³/mol. The maximum absolute atomic E-state index is 12.5. The maximum Gasteiger partial charge on any atom is 0.332 e. The van der Waals surface area contributed by atoms with Crippen molar-refractivity contribution in [1.82, 2.24) is 23.7 Å². The van der Waals surface area contributed by atoms with Crippen molar-refractivity contribution in [3.05, 3.63) is 49.3 Å². The van der Waals surface area contributed by atoms with Gasteiger partial charge in [0.25, 0.3) is 5.56 Å². The molecule has 0 aliphatic carbocycles. The average Bonchev–Trinajstić information content (AvgIpc) is 3.25. The minimum absolute atomic E-state index is 0.166. The van der Waals surface area contributed by atoms with Crippen LogP contribution in [-0.2, 0) is 25.4 Å². The molecule has 144 valence electrons. The van der Waals surface area contributed by atoms with Crippen LogP contribution < -0.4 is 16.6 Å². The summed E-state index contributed by atoms with van der Waals surface area (Å²) in [5.41, 5.74) is -0.130. The number of amides is 1. The first kappa shape index (κ1) is 18.7. The lowest BCUT2D eigenvalue weighted by molar-refractivity contribution is -0.116. The van der Waals surface area contributed by atoms with Crippen LogP contribution in [0.2, 0.25) is 10.0 Å². The number of halogens is 2. The first-order valence-electron chi connectivity index (χ1n) is 7.93. The highest BCUT2D eigenvalue weighted by Crippen LogP contribution is 2.35. The number of imidazole rings is 1. The summed E-state index contributed by atoms with van der Waals surface area (Å²) in [6, 6.07) is 3.43. The molecule has 0 saturated carbocycles. The van der Waals surface area contributed by atoms with Crippen LogP contribution in [0.15, 0.2) is 28.0 Å². The lowest BCUT2D eigenvalue weighted by Gasteiger charge is -2.06. The fourth-order valence-electron chi connectivity index (χ4n) is 2.82. The second-order valence-corrected chi connectivity index (χ2v) is 7.84. The summed E-state index contributed by atoms with van der Waals surface area (Å²) in [5, 5.41) is 3.74. The van der Waals surface area contributed by atoms with Gasteiger partial charge in [0.05, 0.1) is 21.1 Å². The third-order valence-corrected chi connectivity index (χ3v) is 5.96. The van der Waals surface area contributed by atoms with E-state index < -0.39 is 17.2 Å². The van der Waals surface area contributed by atoms with Crippen molar-refractivity contribution in [3.63, 3.8) is 0 Å². The second kappa shape index (κ2) is 6.73. The van der Waals surface area contributed by atoms with Gasteiger partial charge in [-0.05, 0) is 12.1 Å². The van der Waals surface area contributed by atoms with Gasteiger partial charge < -0.3 is 9.88 Å². The van der Waals surface area contributed by atoms with Crippen LogP contribution in [0.5, 0.6) is 0 Å². The zero-order valence-electron chi connectivity index (χ0n) is 14.6. The number of carbonyl (C=O) groups is 1. The highest BCUT2D eigenvalue weighted by atomic mass is 35.5. The van der Waals surface area contributed by atoms with Gasteiger partial charge >= 0.3 is 5.69 Å². The zero-order valence-corrected chi connectivity index (χ0v) is 16.9. The molecule has 12 heteroatoms. The number of anilines is 1. The topological polar surface area (TPSA) is 104 Å². The van der Waals surface area contributed by atoms with Gasteiger partial charge in [0.15, 0.2) is 16.3 Å². The molecule has 0 spiro atoms. The molecule has 3 heterocycles. The van der Waals surface area contributed by atoms with Crippen molar-refractivity contribution in [1.29, 1.82) is 0 Å². The summed E-state index contributed by atoms with van der Waals surface area (Å²) in [7, 11) is 2.88. The molecule has 0 atom stereocenters. The van der Waals surface area contributed by atoms with E-state index in [0.717, 1.165) is 9.27 Å². The zero-order chi connectivity index (χ0) is 20.2. The van der Waals surface area contributed by atoms with Gasteiger partial charge in [-0.2, -0.15) is 0 Å². The van der Waals surface area contributed by atoms with E-state index in [4.69, 9.17) is 23.2 Å². The number of thiazole rings is 1. The second-order valence-electron chi connectivity index (χ2n) is 6.03. The van der Waals surface area contributed by atoms with Crippen molar-refractivity contribution < 1.29 is 4.79 Å². The Bertz CT molecular complexity index is 1380. The van der Waals surface area contributed by atoms with E-state index in [1.54, 1.807) is 12.1 Å². The molecule has 0 fully saturated rings. The predicted octanol–water partition coefficient (Wildman–Crippen LogP) is 1.99. The number of aryl methyl sites for hydroxylation is 1. The van der Waals surface area contributed by atoms with Gasteiger partial charge in [-0.1, -0.05) is 34.5 Å². The van der Waals surface area contributed by atoms with E-state index in [0.29, 0.717) is 20.7 Å². The summed E-state index contributed by atoms with van der Waals surface area (Å²) in [5.74, 6) is -0.406. The number of aromatic nitrogens is 5. The molecule has 0 aliphatic heterocycles. The Morgan fingerprint density at radius 2 is 1.96 bits per heavy atom. The molecule has 1 aromatic carbocycles. The van der Waals surface area contributed by atoms with Gasteiger partial charge in [0, 0.05) is 14.1 Å². The van der Waals surface area contributed by atoms with Crippen molar-refractivity contribution in [3.8, 4) is 0 Å².